The number of aryl methyl sites for hydroxylation is 2. The van der Waals surface area contributed by atoms with Crippen molar-refractivity contribution in [2.45, 2.75) is 105 Å². The summed E-state index contributed by atoms with van der Waals surface area (Å²) >= 11 is -5.26. The number of halogens is 2. The van der Waals surface area contributed by atoms with Gasteiger partial charge in [-0.15, -0.1) is 24.8 Å². The fraction of sp³-hybridized carbons (Fsp3) is 0.431. The van der Waals surface area contributed by atoms with E-state index < -0.39 is 18.3 Å². The first kappa shape index (κ1) is 41.3. The van der Waals surface area contributed by atoms with E-state index in [-0.39, 0.29) is 49.6 Å². The molecule has 1 saturated carbocycles. The Kier molecular flexibility index (Phi) is 9.84. The third-order valence-corrected chi connectivity index (χ3v) is 37.8. The normalized spacial score (nSPS) is 28.8. The second kappa shape index (κ2) is 12.9. The molecule has 4 atom stereocenters. The zero-order chi connectivity index (χ0) is 37.5. The topological polar surface area (TPSA) is 0 Å². The summed E-state index contributed by atoms with van der Waals surface area (Å²) in [5, 5.41) is 0. The number of allylic oxidation sites excluding steroid dienone is 10. The first-order valence-electron chi connectivity index (χ1n) is 20.1. The summed E-state index contributed by atoms with van der Waals surface area (Å²) in [6, 6.07) is 29.2. The summed E-state index contributed by atoms with van der Waals surface area (Å²) < 4.78 is 10.6. The molecule has 286 valence electrons. The van der Waals surface area contributed by atoms with Crippen LogP contribution in [-0.4, -0.2) is 4.21 Å². The van der Waals surface area contributed by atoms with Gasteiger partial charge in [0, 0.05) is 0 Å². The Morgan fingerprint density at radius 2 is 1.26 bits per heavy atom. The average molecular weight is 839 g/mol. The van der Waals surface area contributed by atoms with Crippen molar-refractivity contribution in [3.8, 4) is 0 Å². The fourth-order valence-electron chi connectivity index (χ4n) is 13.7. The average Bonchev–Trinajstić information content (AvgIpc) is 3.66. The van der Waals surface area contributed by atoms with Crippen molar-refractivity contribution in [1.82, 2.24) is 0 Å². The molecule has 0 aromatic heterocycles. The molecular formula is C51H64Cl2Zr. The van der Waals surface area contributed by atoms with Crippen LogP contribution in [0, 0.1) is 47.3 Å². The summed E-state index contributed by atoms with van der Waals surface area (Å²) in [6.45, 7) is 30.8. The molecule has 5 aliphatic carbocycles. The van der Waals surface area contributed by atoms with Crippen LogP contribution >= 0.6 is 24.8 Å². The van der Waals surface area contributed by atoms with Gasteiger partial charge < -0.3 is 0 Å². The van der Waals surface area contributed by atoms with Gasteiger partial charge in [-0.1, -0.05) is 0 Å². The second-order valence-corrected chi connectivity index (χ2v) is 33.6. The molecule has 1 fully saturated rings. The van der Waals surface area contributed by atoms with Gasteiger partial charge in [0.05, 0.1) is 0 Å². The molecule has 54 heavy (non-hydrogen) atoms. The van der Waals surface area contributed by atoms with Crippen molar-refractivity contribution in [3.05, 3.63) is 145 Å². The molecule has 3 aromatic rings. The molecule has 0 nitrogen and oxygen atoms in total. The van der Waals surface area contributed by atoms with Gasteiger partial charge in [0.25, 0.3) is 0 Å². The van der Waals surface area contributed by atoms with Gasteiger partial charge in [0.2, 0.25) is 0 Å². The molecule has 0 radical (unpaired) electrons. The van der Waals surface area contributed by atoms with Crippen LogP contribution in [-0.2, 0) is 24.7 Å². The van der Waals surface area contributed by atoms with Crippen LogP contribution in [0.25, 0.3) is 5.57 Å². The Labute approximate surface area is 340 Å². The van der Waals surface area contributed by atoms with E-state index in [1.54, 1.807) is 25.6 Å². The SMILES string of the molecule is Cl.Cl.[CH2]=[Zr]([C]1=CC(C)=CC1C)([c]1ccc(C)cc1)([c]1ccc(C)cc1)[C]1(C)C2=C3Cc4ccccc4C3=C3C=CCCC3C2(C)C(C)(C)C(C)(C)C1(C)C. The van der Waals surface area contributed by atoms with E-state index >= 15 is 0 Å². The molecule has 0 saturated heterocycles. The summed E-state index contributed by atoms with van der Waals surface area (Å²) in [4.78, 5) is 0. The standard InChI is InChI=1S/C29H37.C7H9.2C7H7.CH2.2ClH.Zr/c1-18-25-22-17-19-13-9-10-14-20(19)24(22)21-15-11-12-16-23(21)29(25,8)28(6,7)27(4,5)26(18,2)3;1-6-3-4-7(2)5-6;2*1-7-5-3-2-4-6-7;;;;/h9-11,13-15,23H,12,16-17H2,1-8H3;3,5,7H,1-2H3;2*3-6H,1H3;1H2;2*1H;. The Hall–Kier alpha value is -2.31. The van der Waals surface area contributed by atoms with E-state index in [1.165, 1.54) is 40.8 Å². The number of hydrogen-bond donors (Lipinski definition) is 0. The van der Waals surface area contributed by atoms with Gasteiger partial charge in [-0.25, -0.2) is 0 Å². The number of rotatable bonds is 4. The molecule has 8 rings (SSSR count). The van der Waals surface area contributed by atoms with E-state index in [0.717, 1.165) is 12.8 Å². The second-order valence-electron chi connectivity index (χ2n) is 19.7. The van der Waals surface area contributed by atoms with Crippen LogP contribution in [0.5, 0.6) is 0 Å². The van der Waals surface area contributed by atoms with Gasteiger partial charge in [0.1, 0.15) is 0 Å². The van der Waals surface area contributed by atoms with E-state index in [1.807, 2.05) is 0 Å². The third-order valence-electron chi connectivity index (χ3n) is 17.7. The molecule has 0 bridgehead atoms. The Bertz CT molecular complexity index is 2220. The molecule has 3 heteroatoms. The fourth-order valence-corrected chi connectivity index (χ4v) is 35.4. The maximum absolute atomic E-state index is 6.21. The van der Waals surface area contributed by atoms with Crippen molar-refractivity contribution in [3.63, 3.8) is 0 Å². The monoisotopic (exact) mass is 836 g/mol. The van der Waals surface area contributed by atoms with Crippen LogP contribution in [0.15, 0.2) is 123 Å². The van der Waals surface area contributed by atoms with Crippen molar-refractivity contribution in [2.24, 2.45) is 33.5 Å². The quantitative estimate of drug-likeness (QED) is 0.246. The van der Waals surface area contributed by atoms with Gasteiger partial charge in [-0.05, 0) is 0 Å². The summed E-state index contributed by atoms with van der Waals surface area (Å²) in [5.74, 6) is 0.737. The van der Waals surface area contributed by atoms with E-state index in [0.29, 0.717) is 11.8 Å². The Balaban J connectivity index is 0.00000249. The van der Waals surface area contributed by atoms with E-state index in [4.69, 9.17) is 4.21 Å². The molecule has 5 aliphatic rings. The van der Waals surface area contributed by atoms with E-state index in [2.05, 4.69) is 180 Å². The number of benzene rings is 3. The minimum atomic E-state index is -5.26. The zero-order valence-electron chi connectivity index (χ0n) is 35.0. The summed E-state index contributed by atoms with van der Waals surface area (Å²) in [6.07, 6.45) is 13.5. The first-order chi connectivity index (χ1) is 24.3. The predicted molar refractivity (Wildman–Crippen MR) is 238 cm³/mol. The predicted octanol–water partition coefficient (Wildman–Crippen LogP) is 13.3. The van der Waals surface area contributed by atoms with Gasteiger partial charge >= 0.3 is 319 Å². The molecule has 0 amide bonds. The summed E-state index contributed by atoms with van der Waals surface area (Å²) in [7, 11) is 0. The van der Waals surface area contributed by atoms with Crippen LogP contribution in [0.4, 0.5) is 0 Å². The molecule has 0 aliphatic heterocycles. The molecule has 3 aromatic carbocycles. The van der Waals surface area contributed by atoms with Crippen molar-refractivity contribution >= 4 is 41.1 Å². The van der Waals surface area contributed by atoms with Crippen molar-refractivity contribution in [1.29, 1.82) is 0 Å². The Morgan fingerprint density at radius 1 is 0.704 bits per heavy atom. The number of fused-ring (bicyclic) bond motifs is 6. The molecule has 0 spiro atoms. The van der Waals surface area contributed by atoms with Crippen LogP contribution in [0.3, 0.4) is 0 Å². The van der Waals surface area contributed by atoms with Crippen LogP contribution in [0.1, 0.15) is 104 Å². The maximum atomic E-state index is 6.21. The molecule has 4 unspecified atom stereocenters. The Morgan fingerprint density at radius 3 is 1.80 bits per heavy atom. The molecular weight excluding hydrogens is 775 g/mol. The van der Waals surface area contributed by atoms with E-state index in [9.17, 15) is 0 Å². The zero-order valence-corrected chi connectivity index (χ0v) is 39.1. The summed E-state index contributed by atoms with van der Waals surface area (Å²) in [5.41, 5.74) is 13.2. The van der Waals surface area contributed by atoms with Crippen LogP contribution < -0.4 is 6.54 Å². The van der Waals surface area contributed by atoms with Crippen LogP contribution in [0.2, 0.25) is 3.12 Å². The van der Waals surface area contributed by atoms with Gasteiger partial charge in [0.15, 0.2) is 0 Å². The third kappa shape index (κ3) is 4.51. The molecule has 0 heterocycles. The molecule has 0 N–H and O–H groups in total. The minimum absolute atomic E-state index is 0. The van der Waals surface area contributed by atoms with Gasteiger partial charge in [-0.3, -0.25) is 0 Å². The number of hydrogen-bond acceptors (Lipinski definition) is 0. The van der Waals surface area contributed by atoms with Crippen molar-refractivity contribution in [2.75, 3.05) is 0 Å². The van der Waals surface area contributed by atoms with Crippen molar-refractivity contribution < 1.29 is 18.3 Å². The first-order valence-corrected chi connectivity index (χ1v) is 26.8. The van der Waals surface area contributed by atoms with Gasteiger partial charge in [-0.2, -0.15) is 0 Å².